The highest BCUT2D eigenvalue weighted by Crippen LogP contribution is 2.21. The smallest absolute Gasteiger partial charge is 0.260 e. The maximum Gasteiger partial charge on any atom is 0.260 e. The number of benzene rings is 1. The van der Waals surface area contributed by atoms with Gasteiger partial charge in [-0.15, -0.1) is 11.3 Å². The van der Waals surface area contributed by atoms with Crippen molar-refractivity contribution in [1.29, 1.82) is 0 Å². The van der Waals surface area contributed by atoms with E-state index in [0.29, 0.717) is 27.8 Å². The minimum atomic E-state index is -0.297. The summed E-state index contributed by atoms with van der Waals surface area (Å²) < 4.78 is 6.82. The van der Waals surface area contributed by atoms with Gasteiger partial charge in [-0.25, -0.2) is 9.67 Å². The van der Waals surface area contributed by atoms with Crippen molar-refractivity contribution < 1.29 is 14.0 Å². The molecule has 9 heteroatoms. The summed E-state index contributed by atoms with van der Waals surface area (Å²) in [6.45, 7) is 1.72. The zero-order valence-electron chi connectivity index (χ0n) is 15.5. The van der Waals surface area contributed by atoms with Gasteiger partial charge in [-0.1, -0.05) is 12.1 Å². The predicted molar refractivity (Wildman–Crippen MR) is 109 cm³/mol. The number of thiazole rings is 1. The number of rotatable bonds is 6. The van der Waals surface area contributed by atoms with E-state index in [1.165, 1.54) is 17.6 Å². The van der Waals surface area contributed by atoms with Crippen LogP contribution >= 0.6 is 11.3 Å². The Bertz CT molecular complexity index is 1150. The largest absolute Gasteiger partial charge is 0.469 e. The molecule has 2 N–H and O–H groups in total. The van der Waals surface area contributed by atoms with Gasteiger partial charge in [0.2, 0.25) is 5.91 Å². The first-order valence-corrected chi connectivity index (χ1v) is 9.67. The number of hydrogen-bond donors (Lipinski definition) is 2. The summed E-state index contributed by atoms with van der Waals surface area (Å²) in [4.78, 5) is 29.0. The molecule has 0 aliphatic carbocycles. The van der Waals surface area contributed by atoms with Crippen LogP contribution in [0.3, 0.4) is 0 Å². The zero-order chi connectivity index (χ0) is 20.2. The zero-order valence-corrected chi connectivity index (χ0v) is 16.3. The molecule has 0 saturated heterocycles. The normalized spacial score (nSPS) is 10.7. The van der Waals surface area contributed by atoms with Crippen LogP contribution < -0.4 is 10.6 Å². The van der Waals surface area contributed by atoms with Crippen LogP contribution in [-0.2, 0) is 11.2 Å². The van der Waals surface area contributed by atoms with Crippen LogP contribution in [0, 0.1) is 6.92 Å². The van der Waals surface area contributed by atoms with E-state index in [0.717, 1.165) is 5.69 Å². The van der Waals surface area contributed by atoms with Crippen molar-refractivity contribution in [2.45, 2.75) is 13.3 Å². The molecule has 1 aromatic carbocycles. The van der Waals surface area contributed by atoms with E-state index in [1.807, 2.05) is 36.5 Å². The maximum atomic E-state index is 12.5. The maximum absolute atomic E-state index is 12.5. The van der Waals surface area contributed by atoms with Gasteiger partial charge in [-0.2, -0.15) is 5.10 Å². The monoisotopic (exact) mass is 407 g/mol. The van der Waals surface area contributed by atoms with Gasteiger partial charge in [0.1, 0.15) is 5.76 Å². The Kier molecular flexibility index (Phi) is 5.21. The number of aryl methyl sites for hydroxylation is 1. The van der Waals surface area contributed by atoms with Crippen molar-refractivity contribution >= 4 is 34.0 Å². The standard InChI is InChI=1S/C20H17N5O3S/c1-13-15(7-10-28-13)19(27)24-20-22-14(12-29-20)11-18(26)23-16-5-2-3-6-17(16)25-9-4-8-21-25/h2-10,12H,11H2,1H3,(H,23,26)(H,22,24,27). The Morgan fingerprint density at radius 2 is 2.03 bits per heavy atom. The van der Waals surface area contributed by atoms with Crippen LogP contribution in [0.15, 0.2) is 64.9 Å². The van der Waals surface area contributed by atoms with Crippen LogP contribution in [0.5, 0.6) is 0 Å². The Hall–Kier alpha value is -3.72. The number of furan rings is 1. The molecule has 3 aromatic heterocycles. The topological polar surface area (TPSA) is 102 Å². The number of carbonyl (C=O) groups is 2. The van der Waals surface area contributed by atoms with Gasteiger partial charge in [0.05, 0.1) is 35.3 Å². The van der Waals surface area contributed by atoms with Gasteiger partial charge in [-0.05, 0) is 31.2 Å². The Labute approximate surface area is 170 Å². The predicted octanol–water partition coefficient (Wildman–Crippen LogP) is 3.66. The highest BCUT2D eigenvalue weighted by molar-refractivity contribution is 7.14. The summed E-state index contributed by atoms with van der Waals surface area (Å²) in [7, 11) is 0. The number of amides is 2. The van der Waals surface area contributed by atoms with Gasteiger partial charge in [0, 0.05) is 17.8 Å². The van der Waals surface area contributed by atoms with Crippen molar-refractivity contribution in [1.82, 2.24) is 14.8 Å². The molecule has 2 amide bonds. The van der Waals surface area contributed by atoms with Crippen molar-refractivity contribution in [3.05, 3.63) is 77.5 Å². The molecule has 0 radical (unpaired) electrons. The van der Waals surface area contributed by atoms with Crippen LogP contribution in [0.25, 0.3) is 5.69 Å². The van der Waals surface area contributed by atoms with Crippen molar-refractivity contribution in [3.63, 3.8) is 0 Å². The molecule has 29 heavy (non-hydrogen) atoms. The summed E-state index contributed by atoms with van der Waals surface area (Å²) in [5.74, 6) is 0.0303. The second-order valence-corrected chi connectivity index (χ2v) is 7.04. The molecule has 4 aromatic rings. The van der Waals surface area contributed by atoms with Gasteiger partial charge >= 0.3 is 0 Å². The van der Waals surface area contributed by atoms with Crippen LogP contribution in [0.1, 0.15) is 21.8 Å². The van der Waals surface area contributed by atoms with Gasteiger partial charge in [0.15, 0.2) is 5.13 Å². The lowest BCUT2D eigenvalue weighted by Gasteiger charge is -2.10. The Balaban J connectivity index is 1.40. The molecule has 0 unspecified atom stereocenters. The number of nitrogens with one attached hydrogen (secondary N) is 2. The van der Waals surface area contributed by atoms with Crippen molar-refractivity contribution in [2.24, 2.45) is 0 Å². The van der Waals surface area contributed by atoms with Crippen molar-refractivity contribution in [2.75, 3.05) is 10.6 Å². The summed E-state index contributed by atoms with van der Waals surface area (Å²) in [6.07, 6.45) is 5.03. The fourth-order valence-electron chi connectivity index (χ4n) is 2.78. The third-order valence-corrected chi connectivity index (χ3v) is 4.95. The molecule has 8 nitrogen and oxygen atoms in total. The number of para-hydroxylation sites is 2. The SMILES string of the molecule is Cc1occc1C(=O)Nc1nc(CC(=O)Nc2ccccc2-n2cccn2)cs1. The lowest BCUT2D eigenvalue weighted by Crippen LogP contribution is -2.16. The second-order valence-electron chi connectivity index (χ2n) is 6.18. The average Bonchev–Trinajstić information content (AvgIpc) is 3.45. The van der Waals surface area contributed by atoms with Crippen molar-refractivity contribution in [3.8, 4) is 5.69 Å². The summed E-state index contributed by atoms with van der Waals surface area (Å²) >= 11 is 1.26. The number of carbonyl (C=O) groups excluding carboxylic acids is 2. The number of nitrogens with zero attached hydrogens (tertiary/aromatic N) is 3. The first-order valence-electron chi connectivity index (χ1n) is 8.79. The molecular formula is C20H17N5O3S. The summed E-state index contributed by atoms with van der Waals surface area (Å²) in [5, 5.41) is 12.0. The minimum Gasteiger partial charge on any atom is -0.469 e. The van der Waals surface area contributed by atoms with Crippen LogP contribution in [-0.4, -0.2) is 26.6 Å². The Morgan fingerprint density at radius 1 is 1.17 bits per heavy atom. The minimum absolute atomic E-state index is 0.0878. The van der Waals surface area contributed by atoms with Gasteiger partial charge in [-0.3, -0.25) is 14.9 Å². The highest BCUT2D eigenvalue weighted by atomic mass is 32.1. The third-order valence-electron chi connectivity index (χ3n) is 4.15. The van der Waals surface area contributed by atoms with E-state index in [1.54, 1.807) is 29.2 Å². The highest BCUT2D eigenvalue weighted by Gasteiger charge is 2.15. The first-order chi connectivity index (χ1) is 14.1. The van der Waals surface area contributed by atoms with E-state index in [2.05, 4.69) is 20.7 Å². The van der Waals surface area contributed by atoms with E-state index in [9.17, 15) is 9.59 Å². The molecule has 0 atom stereocenters. The number of hydrogen-bond acceptors (Lipinski definition) is 6. The number of anilines is 2. The van der Waals surface area contributed by atoms with E-state index in [4.69, 9.17) is 4.42 Å². The van der Waals surface area contributed by atoms with Gasteiger partial charge in [0.25, 0.3) is 5.91 Å². The molecule has 4 rings (SSSR count). The molecule has 0 fully saturated rings. The molecular weight excluding hydrogens is 390 g/mol. The van der Waals surface area contributed by atoms with E-state index in [-0.39, 0.29) is 18.2 Å². The quantitative estimate of drug-likeness (QED) is 0.508. The average molecular weight is 407 g/mol. The summed E-state index contributed by atoms with van der Waals surface area (Å²) in [6, 6.07) is 10.8. The van der Waals surface area contributed by atoms with Crippen LogP contribution in [0.2, 0.25) is 0 Å². The fourth-order valence-corrected chi connectivity index (χ4v) is 3.49. The lowest BCUT2D eigenvalue weighted by atomic mass is 10.2. The summed E-state index contributed by atoms with van der Waals surface area (Å²) in [5.41, 5.74) is 2.45. The molecule has 0 bridgehead atoms. The molecule has 0 spiro atoms. The molecule has 146 valence electrons. The Morgan fingerprint density at radius 3 is 2.79 bits per heavy atom. The lowest BCUT2D eigenvalue weighted by molar-refractivity contribution is -0.115. The molecule has 0 saturated carbocycles. The molecule has 0 aliphatic heterocycles. The number of aromatic nitrogens is 3. The van der Waals surface area contributed by atoms with E-state index >= 15 is 0 Å². The first kappa shape index (κ1) is 18.6. The fraction of sp³-hybridized carbons (Fsp3) is 0.100. The van der Waals surface area contributed by atoms with Crippen LogP contribution in [0.4, 0.5) is 10.8 Å². The van der Waals surface area contributed by atoms with Gasteiger partial charge < -0.3 is 9.73 Å². The second kappa shape index (κ2) is 8.11. The molecule has 0 aliphatic rings. The van der Waals surface area contributed by atoms with E-state index < -0.39 is 0 Å². The third kappa shape index (κ3) is 4.25. The molecule has 3 heterocycles.